The van der Waals surface area contributed by atoms with E-state index in [1.165, 1.54) is 0 Å². The summed E-state index contributed by atoms with van der Waals surface area (Å²) in [4.78, 5) is 11.5. The molecule has 1 atom stereocenters. The predicted molar refractivity (Wildman–Crippen MR) is 71.1 cm³/mol. The molecule has 3 nitrogen and oxygen atoms in total. The van der Waals surface area contributed by atoms with Crippen LogP contribution < -0.4 is 5.32 Å². The molecule has 1 saturated heterocycles. The average molecular weight is 358 g/mol. The standard InChI is InChI=1S/C11H19Br2NO2/c1-11(2,8-3-5-14-6-4-8)16-10(15)9(13)7-12/h8-9,14H,3-7H2,1-2H3/p+1. The smallest absolute Gasteiger partial charge is 0.321 e. The normalized spacial score (nSPS) is 20.5. The third-order valence-electron chi connectivity index (χ3n) is 3.18. The Labute approximate surface area is 114 Å². The highest BCUT2D eigenvalue weighted by Crippen LogP contribution is 2.28. The van der Waals surface area contributed by atoms with Gasteiger partial charge in [-0.1, -0.05) is 31.9 Å². The number of hydrogen-bond donors (Lipinski definition) is 1. The molecule has 0 aliphatic carbocycles. The SMILES string of the molecule is CC(C)(OC(=O)C(Br)CBr)C1CC[NH2+]CC1. The summed E-state index contributed by atoms with van der Waals surface area (Å²) >= 11 is 6.56. The van der Waals surface area contributed by atoms with E-state index in [-0.39, 0.29) is 16.4 Å². The number of quaternary nitrogens is 1. The van der Waals surface area contributed by atoms with Crippen molar-refractivity contribution < 1.29 is 14.8 Å². The van der Waals surface area contributed by atoms with Crippen LogP contribution >= 0.6 is 31.9 Å². The Morgan fingerprint density at radius 3 is 2.56 bits per heavy atom. The van der Waals surface area contributed by atoms with Crippen LogP contribution in [0.3, 0.4) is 0 Å². The Kier molecular flexibility index (Phi) is 5.74. The molecule has 1 aliphatic heterocycles. The van der Waals surface area contributed by atoms with Crippen molar-refractivity contribution in [3.63, 3.8) is 0 Å². The first-order valence-electron chi connectivity index (χ1n) is 5.72. The first kappa shape index (κ1) is 14.5. The molecule has 0 spiro atoms. The molecular formula is C11H20Br2NO2+. The summed E-state index contributed by atoms with van der Waals surface area (Å²) in [6.07, 6.45) is 2.25. The molecule has 5 heteroatoms. The predicted octanol–water partition coefficient (Wildman–Crippen LogP) is 1.44. The highest BCUT2D eigenvalue weighted by Gasteiger charge is 2.36. The fourth-order valence-corrected chi connectivity index (χ4v) is 2.45. The Balaban J connectivity index is 2.52. The maximum Gasteiger partial charge on any atom is 0.321 e. The van der Waals surface area contributed by atoms with Gasteiger partial charge in [-0.2, -0.15) is 0 Å². The lowest BCUT2D eigenvalue weighted by Gasteiger charge is -2.35. The van der Waals surface area contributed by atoms with Crippen LogP contribution in [-0.4, -0.2) is 34.8 Å². The van der Waals surface area contributed by atoms with Gasteiger partial charge in [0.1, 0.15) is 10.4 Å². The molecule has 0 aromatic carbocycles. The fourth-order valence-electron chi connectivity index (χ4n) is 2.09. The Morgan fingerprint density at radius 1 is 1.50 bits per heavy atom. The number of alkyl halides is 2. The quantitative estimate of drug-likeness (QED) is 0.611. The molecule has 0 saturated carbocycles. The number of ether oxygens (including phenoxy) is 1. The van der Waals surface area contributed by atoms with Gasteiger partial charge >= 0.3 is 5.97 Å². The van der Waals surface area contributed by atoms with Crippen molar-refractivity contribution in [2.75, 3.05) is 18.4 Å². The summed E-state index contributed by atoms with van der Waals surface area (Å²) in [6, 6.07) is 0. The van der Waals surface area contributed by atoms with Gasteiger partial charge in [0.05, 0.1) is 13.1 Å². The van der Waals surface area contributed by atoms with Crippen LogP contribution in [0.5, 0.6) is 0 Å². The fraction of sp³-hybridized carbons (Fsp3) is 0.909. The largest absolute Gasteiger partial charge is 0.459 e. The van der Waals surface area contributed by atoms with E-state index in [2.05, 4.69) is 37.2 Å². The summed E-state index contributed by atoms with van der Waals surface area (Å²) in [5.74, 6) is 0.313. The minimum atomic E-state index is -0.348. The van der Waals surface area contributed by atoms with E-state index >= 15 is 0 Å². The summed E-state index contributed by atoms with van der Waals surface area (Å²) in [7, 11) is 0. The highest BCUT2D eigenvalue weighted by atomic mass is 79.9. The zero-order valence-electron chi connectivity index (χ0n) is 9.84. The third kappa shape index (κ3) is 4.00. The van der Waals surface area contributed by atoms with Gasteiger partial charge in [0.25, 0.3) is 0 Å². The van der Waals surface area contributed by atoms with Gasteiger partial charge < -0.3 is 10.1 Å². The minimum Gasteiger partial charge on any atom is -0.459 e. The molecular weight excluding hydrogens is 338 g/mol. The first-order chi connectivity index (χ1) is 7.47. The summed E-state index contributed by atoms with van der Waals surface area (Å²) in [5, 5.41) is 2.90. The number of carbonyl (C=O) groups excluding carboxylic acids is 1. The number of halogens is 2. The highest BCUT2D eigenvalue weighted by molar-refractivity contribution is 9.12. The zero-order valence-corrected chi connectivity index (χ0v) is 13.0. The molecule has 94 valence electrons. The Morgan fingerprint density at radius 2 is 2.06 bits per heavy atom. The Bertz CT molecular complexity index is 240. The van der Waals surface area contributed by atoms with Gasteiger partial charge in [-0.25, -0.2) is 0 Å². The molecule has 16 heavy (non-hydrogen) atoms. The maximum atomic E-state index is 11.7. The van der Waals surface area contributed by atoms with E-state index in [4.69, 9.17) is 4.74 Å². The monoisotopic (exact) mass is 356 g/mol. The second kappa shape index (κ2) is 6.36. The third-order valence-corrected chi connectivity index (χ3v) is 5.39. The molecule has 1 rings (SSSR count). The molecule has 1 heterocycles. The van der Waals surface area contributed by atoms with Crippen LogP contribution in [0.15, 0.2) is 0 Å². The second-order valence-electron chi connectivity index (χ2n) is 4.79. The van der Waals surface area contributed by atoms with Crippen molar-refractivity contribution in [3.05, 3.63) is 0 Å². The summed E-state index contributed by atoms with van der Waals surface area (Å²) in [6.45, 7) is 6.33. The first-order valence-corrected chi connectivity index (χ1v) is 7.75. The van der Waals surface area contributed by atoms with Gasteiger partial charge in [0.2, 0.25) is 0 Å². The minimum absolute atomic E-state index is 0.170. The maximum absolute atomic E-state index is 11.7. The molecule has 0 aromatic rings. The van der Waals surface area contributed by atoms with Crippen molar-refractivity contribution in [1.82, 2.24) is 0 Å². The number of carbonyl (C=O) groups is 1. The molecule has 2 N–H and O–H groups in total. The van der Waals surface area contributed by atoms with Gasteiger partial charge in [0, 0.05) is 24.1 Å². The van der Waals surface area contributed by atoms with Crippen LogP contribution in [0, 0.1) is 5.92 Å². The van der Waals surface area contributed by atoms with E-state index in [1.807, 2.05) is 13.8 Å². The van der Waals surface area contributed by atoms with Crippen LogP contribution in [-0.2, 0) is 9.53 Å². The molecule has 0 aromatic heterocycles. The van der Waals surface area contributed by atoms with Crippen molar-refractivity contribution in [3.8, 4) is 0 Å². The number of piperidine rings is 1. The van der Waals surface area contributed by atoms with Crippen molar-refractivity contribution in [2.45, 2.75) is 37.1 Å². The molecule has 0 bridgehead atoms. The molecule has 0 radical (unpaired) electrons. The van der Waals surface area contributed by atoms with E-state index in [0.29, 0.717) is 11.2 Å². The van der Waals surface area contributed by atoms with Gasteiger partial charge in [-0.3, -0.25) is 4.79 Å². The Hall–Kier alpha value is 0.390. The van der Waals surface area contributed by atoms with Gasteiger partial charge in [-0.15, -0.1) is 0 Å². The molecule has 1 aliphatic rings. The topological polar surface area (TPSA) is 42.9 Å². The van der Waals surface area contributed by atoms with E-state index in [9.17, 15) is 4.79 Å². The molecule has 1 fully saturated rings. The number of rotatable bonds is 4. The summed E-state index contributed by atoms with van der Waals surface area (Å²) in [5.41, 5.74) is -0.348. The molecule has 1 unspecified atom stereocenters. The van der Waals surface area contributed by atoms with Crippen molar-refractivity contribution in [2.24, 2.45) is 5.92 Å². The van der Waals surface area contributed by atoms with Crippen molar-refractivity contribution in [1.29, 1.82) is 0 Å². The van der Waals surface area contributed by atoms with Crippen LogP contribution in [0.2, 0.25) is 0 Å². The van der Waals surface area contributed by atoms with Crippen molar-refractivity contribution >= 4 is 37.8 Å². The number of nitrogens with two attached hydrogens (primary N) is 1. The van der Waals surface area contributed by atoms with Gasteiger partial charge in [0.15, 0.2) is 0 Å². The van der Waals surface area contributed by atoms with E-state index in [0.717, 1.165) is 25.9 Å². The van der Waals surface area contributed by atoms with Crippen LogP contribution in [0.25, 0.3) is 0 Å². The van der Waals surface area contributed by atoms with E-state index < -0.39 is 0 Å². The lowest BCUT2D eigenvalue weighted by molar-refractivity contribution is -0.665. The number of hydrogen-bond acceptors (Lipinski definition) is 2. The lowest BCUT2D eigenvalue weighted by Crippen LogP contribution is -2.86. The summed E-state index contributed by atoms with van der Waals surface area (Å²) < 4.78 is 5.60. The number of esters is 1. The average Bonchev–Trinajstić information content (AvgIpc) is 2.28. The lowest BCUT2D eigenvalue weighted by atomic mass is 9.83. The zero-order chi connectivity index (χ0) is 12.2. The van der Waals surface area contributed by atoms with Gasteiger partial charge in [-0.05, 0) is 13.8 Å². The second-order valence-corrected chi connectivity index (χ2v) is 6.54. The van der Waals surface area contributed by atoms with Crippen LogP contribution in [0.4, 0.5) is 0 Å². The van der Waals surface area contributed by atoms with Crippen LogP contribution in [0.1, 0.15) is 26.7 Å². The molecule has 0 amide bonds. The van der Waals surface area contributed by atoms with E-state index in [1.54, 1.807) is 0 Å².